The minimum atomic E-state index is -0.776. The fourth-order valence-corrected chi connectivity index (χ4v) is 2.32. The van der Waals surface area contributed by atoms with Crippen LogP contribution in [-0.2, 0) is 9.31 Å². The highest BCUT2D eigenvalue weighted by atomic mass is 35.5. The van der Waals surface area contributed by atoms with E-state index in [2.05, 4.69) is 0 Å². The van der Waals surface area contributed by atoms with E-state index in [1.165, 1.54) is 13.2 Å². The van der Waals surface area contributed by atoms with Gasteiger partial charge in [0, 0.05) is 16.6 Å². The third-order valence-electron chi connectivity index (χ3n) is 3.97. The number of nitro benzene ring substituents is 1. The number of hydrogen-bond acceptors (Lipinski definition) is 5. The lowest BCUT2D eigenvalue weighted by Gasteiger charge is -2.32. The Kier molecular flexibility index (Phi) is 3.95. The van der Waals surface area contributed by atoms with Crippen LogP contribution >= 0.6 is 11.6 Å². The van der Waals surface area contributed by atoms with E-state index in [4.69, 9.17) is 25.6 Å². The van der Waals surface area contributed by atoms with Gasteiger partial charge in [-0.3, -0.25) is 10.1 Å². The van der Waals surface area contributed by atoms with E-state index >= 15 is 0 Å². The van der Waals surface area contributed by atoms with Crippen molar-refractivity contribution < 1.29 is 19.0 Å². The number of hydrogen-bond donors (Lipinski definition) is 0. The molecule has 114 valence electrons. The third kappa shape index (κ3) is 2.73. The minimum absolute atomic E-state index is 0.0999. The number of benzene rings is 1. The van der Waals surface area contributed by atoms with E-state index in [0.29, 0.717) is 5.46 Å². The number of rotatable bonds is 3. The van der Waals surface area contributed by atoms with Gasteiger partial charge < -0.3 is 14.0 Å². The van der Waals surface area contributed by atoms with Crippen molar-refractivity contribution in [1.29, 1.82) is 0 Å². The topological polar surface area (TPSA) is 70.8 Å². The number of nitro groups is 1. The Bertz CT molecular complexity index is 574. The van der Waals surface area contributed by atoms with Gasteiger partial charge in [-0.2, -0.15) is 0 Å². The van der Waals surface area contributed by atoms with Crippen molar-refractivity contribution >= 4 is 29.9 Å². The number of nitrogens with zero attached hydrogens (tertiary/aromatic N) is 1. The number of halogens is 1. The van der Waals surface area contributed by atoms with Gasteiger partial charge in [0.05, 0.1) is 23.2 Å². The van der Waals surface area contributed by atoms with Crippen molar-refractivity contribution in [2.75, 3.05) is 7.11 Å². The van der Waals surface area contributed by atoms with Crippen molar-refractivity contribution in [3.05, 3.63) is 27.3 Å². The van der Waals surface area contributed by atoms with E-state index in [-0.39, 0.29) is 16.5 Å². The van der Waals surface area contributed by atoms with E-state index < -0.39 is 23.2 Å². The van der Waals surface area contributed by atoms with Crippen LogP contribution in [-0.4, -0.2) is 30.4 Å². The first-order valence-electron chi connectivity index (χ1n) is 6.46. The summed E-state index contributed by atoms with van der Waals surface area (Å²) in [6, 6.07) is 2.81. The maximum atomic E-state index is 11.1. The molecule has 0 aromatic heterocycles. The molecule has 1 aliphatic heterocycles. The summed E-state index contributed by atoms with van der Waals surface area (Å²) in [7, 11) is 0.590. The van der Waals surface area contributed by atoms with E-state index in [0.717, 1.165) is 0 Å². The molecule has 0 atom stereocenters. The van der Waals surface area contributed by atoms with Gasteiger partial charge in [-0.05, 0) is 33.8 Å². The Morgan fingerprint density at radius 2 is 1.76 bits per heavy atom. The van der Waals surface area contributed by atoms with Crippen LogP contribution in [0, 0.1) is 10.1 Å². The maximum absolute atomic E-state index is 11.1. The van der Waals surface area contributed by atoms with Gasteiger partial charge in [-0.25, -0.2) is 0 Å². The van der Waals surface area contributed by atoms with Crippen molar-refractivity contribution in [3.8, 4) is 5.75 Å². The molecule has 0 saturated carbocycles. The molecule has 0 amide bonds. The van der Waals surface area contributed by atoms with Gasteiger partial charge in [0.25, 0.3) is 0 Å². The van der Waals surface area contributed by atoms with Crippen molar-refractivity contribution in [1.82, 2.24) is 0 Å². The molecule has 0 radical (unpaired) electrons. The van der Waals surface area contributed by atoms with Gasteiger partial charge in [-0.1, -0.05) is 11.6 Å². The molecule has 8 heteroatoms. The van der Waals surface area contributed by atoms with Crippen molar-refractivity contribution in [3.63, 3.8) is 0 Å². The predicted octanol–water partition coefficient (Wildman–Crippen LogP) is 2.56. The summed E-state index contributed by atoms with van der Waals surface area (Å²) in [5, 5.41) is 11.4. The summed E-state index contributed by atoms with van der Waals surface area (Å²) >= 11 is 5.97. The molecule has 6 nitrogen and oxygen atoms in total. The van der Waals surface area contributed by atoms with Crippen molar-refractivity contribution in [2.24, 2.45) is 0 Å². The van der Waals surface area contributed by atoms with Crippen LogP contribution in [0.3, 0.4) is 0 Å². The first-order chi connectivity index (χ1) is 9.59. The molecule has 21 heavy (non-hydrogen) atoms. The quantitative estimate of drug-likeness (QED) is 0.487. The lowest BCUT2D eigenvalue weighted by Crippen LogP contribution is -2.41. The average Bonchev–Trinajstić information content (AvgIpc) is 2.57. The highest BCUT2D eigenvalue weighted by Gasteiger charge is 2.53. The van der Waals surface area contributed by atoms with Crippen LogP contribution in [0.15, 0.2) is 12.1 Å². The van der Waals surface area contributed by atoms with Gasteiger partial charge in [-0.15, -0.1) is 0 Å². The molecule has 1 heterocycles. The van der Waals surface area contributed by atoms with E-state index in [1.54, 1.807) is 6.07 Å². The van der Waals surface area contributed by atoms with Gasteiger partial charge in [0.15, 0.2) is 5.75 Å². The number of ether oxygens (including phenoxy) is 1. The predicted molar refractivity (Wildman–Crippen MR) is 80.4 cm³/mol. The Labute approximate surface area is 128 Å². The zero-order chi connectivity index (χ0) is 16.0. The molecule has 0 aliphatic carbocycles. The Balaban J connectivity index is 2.53. The van der Waals surface area contributed by atoms with Crippen LogP contribution < -0.4 is 10.2 Å². The first-order valence-corrected chi connectivity index (χ1v) is 6.84. The Hall–Kier alpha value is -1.31. The zero-order valence-electron chi connectivity index (χ0n) is 12.6. The summed E-state index contributed by atoms with van der Waals surface area (Å²) in [5.74, 6) is 0.0999. The molecule has 1 saturated heterocycles. The normalized spacial score (nSPS) is 19.6. The molecule has 1 fully saturated rings. The van der Waals surface area contributed by atoms with Crippen LogP contribution in [0.25, 0.3) is 0 Å². The molecule has 0 unspecified atom stereocenters. The summed E-state index contributed by atoms with van der Waals surface area (Å²) in [6.07, 6.45) is 0. The fraction of sp³-hybridized carbons (Fsp3) is 0.538. The standard InChI is InChI=1S/C13H17BClNO5/c1-12(2)13(3,4)21-14(20-12)9-6-8(15)7-10(16(17)18)11(9)19-5/h6-7H,1-5H3. The summed E-state index contributed by atoms with van der Waals surface area (Å²) in [5.41, 5.74) is -0.912. The minimum Gasteiger partial charge on any atom is -0.490 e. The molecule has 1 aromatic carbocycles. The Morgan fingerprint density at radius 3 is 2.19 bits per heavy atom. The molecule has 2 rings (SSSR count). The molecule has 1 aromatic rings. The van der Waals surface area contributed by atoms with Crippen LogP contribution in [0.5, 0.6) is 5.75 Å². The maximum Gasteiger partial charge on any atom is 0.498 e. The second-order valence-corrected chi connectivity index (χ2v) is 6.33. The van der Waals surface area contributed by atoms with Crippen LogP contribution in [0.4, 0.5) is 5.69 Å². The molecular formula is C13H17BClNO5. The second-order valence-electron chi connectivity index (χ2n) is 5.89. The molecule has 0 spiro atoms. The van der Waals surface area contributed by atoms with E-state index in [1.807, 2.05) is 27.7 Å². The highest BCUT2D eigenvalue weighted by molar-refractivity contribution is 6.63. The molecule has 1 aliphatic rings. The van der Waals surface area contributed by atoms with E-state index in [9.17, 15) is 10.1 Å². The van der Waals surface area contributed by atoms with Gasteiger partial charge in [0.2, 0.25) is 0 Å². The lowest BCUT2D eigenvalue weighted by atomic mass is 9.78. The average molecular weight is 314 g/mol. The van der Waals surface area contributed by atoms with Crippen molar-refractivity contribution in [2.45, 2.75) is 38.9 Å². The first kappa shape index (κ1) is 16.1. The zero-order valence-corrected chi connectivity index (χ0v) is 13.4. The third-order valence-corrected chi connectivity index (χ3v) is 4.19. The van der Waals surface area contributed by atoms with Crippen LogP contribution in [0.1, 0.15) is 27.7 Å². The molecular weight excluding hydrogens is 296 g/mol. The Morgan fingerprint density at radius 1 is 1.24 bits per heavy atom. The number of methoxy groups -OCH3 is 1. The smallest absolute Gasteiger partial charge is 0.490 e. The lowest BCUT2D eigenvalue weighted by molar-refractivity contribution is -0.385. The SMILES string of the molecule is COc1c(B2OC(C)(C)C(C)(C)O2)cc(Cl)cc1[N+](=O)[O-]. The van der Waals surface area contributed by atoms with Gasteiger partial charge in [0.1, 0.15) is 0 Å². The second kappa shape index (κ2) is 5.16. The fourth-order valence-electron chi connectivity index (χ4n) is 2.10. The summed E-state index contributed by atoms with van der Waals surface area (Å²) in [4.78, 5) is 10.6. The summed E-state index contributed by atoms with van der Waals surface area (Å²) in [6.45, 7) is 7.60. The monoisotopic (exact) mass is 313 g/mol. The molecule has 0 bridgehead atoms. The van der Waals surface area contributed by atoms with Gasteiger partial charge >= 0.3 is 12.8 Å². The highest BCUT2D eigenvalue weighted by Crippen LogP contribution is 2.38. The van der Waals surface area contributed by atoms with Crippen LogP contribution in [0.2, 0.25) is 5.02 Å². The summed E-state index contributed by atoms with van der Waals surface area (Å²) < 4.78 is 17.0. The molecule has 0 N–H and O–H groups in total. The largest absolute Gasteiger partial charge is 0.498 e.